The van der Waals surface area contributed by atoms with Crippen LogP contribution in [0, 0.1) is 0 Å². The van der Waals surface area contributed by atoms with Crippen molar-refractivity contribution in [3.8, 4) is 0 Å². The van der Waals surface area contributed by atoms with Crippen molar-refractivity contribution in [2.24, 2.45) is 5.73 Å². The van der Waals surface area contributed by atoms with Crippen LogP contribution in [0.4, 0.5) is 0 Å². The normalized spacial score (nSPS) is 21.1. The highest BCUT2D eigenvalue weighted by Crippen LogP contribution is 2.31. The standard InChI is InChI=1S/C12H16Cl2N2O3S/c1-8-7-16(2-3-19-8)20(17,18)12-4-9(6-15)10(13)5-11(12)14/h4-5,8H,2-3,6-7,15H2,1H3. The maximum Gasteiger partial charge on any atom is 0.244 e. The molecule has 0 bridgehead atoms. The summed E-state index contributed by atoms with van der Waals surface area (Å²) in [7, 11) is -3.67. The van der Waals surface area contributed by atoms with Gasteiger partial charge < -0.3 is 10.5 Å². The number of morpholine rings is 1. The van der Waals surface area contributed by atoms with Gasteiger partial charge in [0, 0.05) is 24.7 Å². The molecular weight excluding hydrogens is 323 g/mol. The van der Waals surface area contributed by atoms with Gasteiger partial charge in [-0.05, 0) is 24.6 Å². The van der Waals surface area contributed by atoms with Crippen LogP contribution in [0.15, 0.2) is 17.0 Å². The van der Waals surface area contributed by atoms with Crippen molar-refractivity contribution in [1.29, 1.82) is 0 Å². The molecule has 0 aromatic heterocycles. The van der Waals surface area contributed by atoms with E-state index < -0.39 is 10.0 Å². The first-order valence-electron chi connectivity index (χ1n) is 6.16. The molecule has 1 aliphatic rings. The fraction of sp³-hybridized carbons (Fsp3) is 0.500. The monoisotopic (exact) mass is 338 g/mol. The average molecular weight is 339 g/mol. The van der Waals surface area contributed by atoms with Crippen molar-refractivity contribution in [3.63, 3.8) is 0 Å². The van der Waals surface area contributed by atoms with E-state index in [9.17, 15) is 8.42 Å². The molecule has 0 amide bonds. The van der Waals surface area contributed by atoms with Gasteiger partial charge in [0.05, 0.1) is 17.7 Å². The van der Waals surface area contributed by atoms with Crippen LogP contribution < -0.4 is 5.73 Å². The Morgan fingerprint density at radius 1 is 1.40 bits per heavy atom. The lowest BCUT2D eigenvalue weighted by atomic mass is 10.2. The molecule has 1 heterocycles. The van der Waals surface area contributed by atoms with Crippen molar-refractivity contribution < 1.29 is 13.2 Å². The van der Waals surface area contributed by atoms with Crippen LogP contribution in [0.1, 0.15) is 12.5 Å². The van der Waals surface area contributed by atoms with Crippen LogP contribution in [0.25, 0.3) is 0 Å². The fourth-order valence-corrected chi connectivity index (χ4v) is 4.42. The van der Waals surface area contributed by atoms with Crippen LogP contribution in [-0.2, 0) is 21.3 Å². The Bertz CT molecular complexity index is 607. The van der Waals surface area contributed by atoms with Crippen molar-refractivity contribution in [3.05, 3.63) is 27.7 Å². The van der Waals surface area contributed by atoms with Gasteiger partial charge in [-0.15, -0.1) is 0 Å². The number of benzene rings is 1. The molecule has 1 aromatic rings. The molecule has 5 nitrogen and oxygen atoms in total. The second-order valence-electron chi connectivity index (χ2n) is 4.62. The van der Waals surface area contributed by atoms with Gasteiger partial charge in [-0.1, -0.05) is 23.2 Å². The number of nitrogens with two attached hydrogens (primary N) is 1. The van der Waals surface area contributed by atoms with Gasteiger partial charge in [0.1, 0.15) is 4.90 Å². The van der Waals surface area contributed by atoms with Crippen LogP contribution in [0.2, 0.25) is 10.0 Å². The maximum atomic E-state index is 12.6. The van der Waals surface area contributed by atoms with Crippen LogP contribution in [-0.4, -0.2) is 38.5 Å². The smallest absolute Gasteiger partial charge is 0.244 e. The largest absolute Gasteiger partial charge is 0.376 e. The minimum atomic E-state index is -3.67. The predicted molar refractivity (Wildman–Crippen MR) is 78.5 cm³/mol. The SMILES string of the molecule is CC1CN(S(=O)(=O)c2cc(CN)c(Cl)cc2Cl)CCO1. The molecular formula is C12H16Cl2N2O3S. The average Bonchev–Trinajstić information content (AvgIpc) is 2.38. The van der Waals surface area contributed by atoms with Crippen LogP contribution in [0.3, 0.4) is 0 Å². The molecule has 0 radical (unpaired) electrons. The number of nitrogens with zero attached hydrogens (tertiary/aromatic N) is 1. The molecule has 0 aliphatic carbocycles. The van der Waals surface area contributed by atoms with Gasteiger partial charge in [0.2, 0.25) is 10.0 Å². The van der Waals surface area contributed by atoms with Crippen LogP contribution >= 0.6 is 23.2 Å². The Balaban J connectivity index is 2.43. The molecule has 2 N–H and O–H groups in total. The molecule has 20 heavy (non-hydrogen) atoms. The number of rotatable bonds is 3. The van der Waals surface area contributed by atoms with E-state index in [2.05, 4.69) is 0 Å². The topological polar surface area (TPSA) is 72.6 Å². The second-order valence-corrected chi connectivity index (χ2v) is 7.34. The van der Waals surface area contributed by atoms with Gasteiger partial charge >= 0.3 is 0 Å². The third-order valence-corrected chi connectivity index (χ3v) is 5.82. The summed E-state index contributed by atoms with van der Waals surface area (Å²) in [5.74, 6) is 0. The first kappa shape index (κ1) is 16.0. The summed E-state index contributed by atoms with van der Waals surface area (Å²) in [6, 6.07) is 2.86. The minimum Gasteiger partial charge on any atom is -0.376 e. The van der Waals surface area contributed by atoms with E-state index in [-0.39, 0.29) is 22.6 Å². The van der Waals surface area contributed by atoms with Crippen molar-refractivity contribution >= 4 is 33.2 Å². The van der Waals surface area contributed by atoms with E-state index in [0.717, 1.165) is 0 Å². The predicted octanol–water partition coefficient (Wildman–Crippen LogP) is 1.86. The van der Waals surface area contributed by atoms with Gasteiger partial charge in [-0.3, -0.25) is 0 Å². The molecule has 1 unspecified atom stereocenters. The van der Waals surface area contributed by atoms with Crippen molar-refractivity contribution in [2.75, 3.05) is 19.7 Å². The lowest BCUT2D eigenvalue weighted by molar-refractivity contribution is 0.0102. The molecule has 1 fully saturated rings. The Morgan fingerprint density at radius 2 is 2.10 bits per heavy atom. The highest BCUT2D eigenvalue weighted by molar-refractivity contribution is 7.89. The summed E-state index contributed by atoms with van der Waals surface area (Å²) in [6.45, 7) is 2.96. The number of sulfonamides is 1. The summed E-state index contributed by atoms with van der Waals surface area (Å²) in [6.07, 6.45) is -0.140. The van der Waals surface area contributed by atoms with Gasteiger partial charge in [0.25, 0.3) is 0 Å². The molecule has 0 saturated carbocycles. The van der Waals surface area contributed by atoms with Crippen molar-refractivity contribution in [1.82, 2.24) is 4.31 Å². The number of halogens is 2. The third kappa shape index (κ3) is 3.10. The van der Waals surface area contributed by atoms with E-state index in [4.69, 9.17) is 33.7 Å². The zero-order valence-corrected chi connectivity index (χ0v) is 13.3. The van der Waals surface area contributed by atoms with Crippen LogP contribution in [0.5, 0.6) is 0 Å². The molecule has 112 valence electrons. The molecule has 1 aromatic carbocycles. The Morgan fingerprint density at radius 3 is 2.70 bits per heavy atom. The zero-order valence-electron chi connectivity index (χ0n) is 11.0. The Labute approximate surface area is 128 Å². The first-order chi connectivity index (χ1) is 9.36. The number of hydrogen-bond acceptors (Lipinski definition) is 4. The summed E-state index contributed by atoms with van der Waals surface area (Å²) in [5, 5.41) is 0.471. The quantitative estimate of drug-likeness (QED) is 0.912. The number of hydrogen-bond donors (Lipinski definition) is 1. The van der Waals surface area contributed by atoms with E-state index in [1.165, 1.54) is 16.4 Å². The Hall–Kier alpha value is -0.370. The zero-order chi connectivity index (χ0) is 14.9. The molecule has 8 heteroatoms. The van der Waals surface area contributed by atoms with E-state index in [1.807, 2.05) is 6.92 Å². The van der Waals surface area contributed by atoms with Gasteiger partial charge in [-0.2, -0.15) is 4.31 Å². The maximum absolute atomic E-state index is 12.6. The second kappa shape index (κ2) is 6.17. The van der Waals surface area contributed by atoms with E-state index in [0.29, 0.717) is 30.3 Å². The fourth-order valence-electron chi connectivity index (χ4n) is 2.07. The van der Waals surface area contributed by atoms with Gasteiger partial charge in [0.15, 0.2) is 0 Å². The summed E-state index contributed by atoms with van der Waals surface area (Å²) < 4.78 is 32.0. The summed E-state index contributed by atoms with van der Waals surface area (Å²) >= 11 is 12.0. The summed E-state index contributed by atoms with van der Waals surface area (Å²) in [5.41, 5.74) is 6.11. The molecule has 1 atom stereocenters. The first-order valence-corrected chi connectivity index (χ1v) is 8.35. The molecule has 0 spiro atoms. The molecule has 1 aliphatic heterocycles. The lowest BCUT2D eigenvalue weighted by Crippen LogP contribution is -2.44. The molecule has 1 saturated heterocycles. The number of ether oxygens (including phenoxy) is 1. The minimum absolute atomic E-state index is 0.0399. The summed E-state index contributed by atoms with van der Waals surface area (Å²) in [4.78, 5) is 0.0399. The third-order valence-electron chi connectivity index (χ3n) is 3.14. The van der Waals surface area contributed by atoms with Crippen molar-refractivity contribution in [2.45, 2.75) is 24.5 Å². The van der Waals surface area contributed by atoms with E-state index in [1.54, 1.807) is 0 Å². The van der Waals surface area contributed by atoms with E-state index >= 15 is 0 Å². The highest BCUT2D eigenvalue weighted by Gasteiger charge is 2.31. The Kier molecular flexibility index (Phi) is 4.94. The lowest BCUT2D eigenvalue weighted by Gasteiger charge is -2.30. The highest BCUT2D eigenvalue weighted by atomic mass is 35.5. The van der Waals surface area contributed by atoms with Gasteiger partial charge in [-0.25, -0.2) is 8.42 Å². The molecule has 2 rings (SSSR count).